The summed E-state index contributed by atoms with van der Waals surface area (Å²) in [7, 11) is 0. The van der Waals surface area contributed by atoms with E-state index in [1.165, 1.54) is 6.92 Å². The topological polar surface area (TPSA) is 195 Å². The van der Waals surface area contributed by atoms with Crippen molar-refractivity contribution in [3.05, 3.63) is 82.9 Å². The molecular formula is C23H24N6O6. The summed E-state index contributed by atoms with van der Waals surface area (Å²) in [6, 6.07) is 16.2. The fourth-order valence-corrected chi connectivity index (χ4v) is 2.49. The number of hydrogen-bond acceptors (Lipinski definition) is 5. The molecule has 12 nitrogen and oxygen atoms in total. The molecule has 0 aliphatic carbocycles. The van der Waals surface area contributed by atoms with Crippen LogP contribution in [0.3, 0.4) is 0 Å². The van der Waals surface area contributed by atoms with Crippen LogP contribution < -0.4 is 10.6 Å². The predicted molar refractivity (Wildman–Crippen MR) is 123 cm³/mol. The zero-order valence-corrected chi connectivity index (χ0v) is 18.8. The molecule has 0 aliphatic rings. The Morgan fingerprint density at radius 1 is 0.914 bits per heavy atom. The Morgan fingerprint density at radius 3 is 1.91 bits per heavy atom. The van der Waals surface area contributed by atoms with Crippen LogP contribution in [-0.4, -0.2) is 63.0 Å². The molecule has 0 saturated carbocycles. The largest absolute Gasteiger partial charge is 0.480 e. The lowest BCUT2D eigenvalue weighted by atomic mass is 10.1. The quantitative estimate of drug-likeness (QED) is 0.260. The Kier molecular flexibility index (Phi) is 12.7. The van der Waals surface area contributed by atoms with Crippen LogP contribution in [0.5, 0.6) is 0 Å². The first-order chi connectivity index (χ1) is 16.8. The number of amides is 2. The van der Waals surface area contributed by atoms with Gasteiger partial charge in [0.15, 0.2) is 0 Å². The van der Waals surface area contributed by atoms with E-state index in [-0.39, 0.29) is 13.0 Å². The summed E-state index contributed by atoms with van der Waals surface area (Å²) in [5.41, 5.74) is 17.0. The van der Waals surface area contributed by atoms with Gasteiger partial charge in [0.25, 0.3) is 0 Å². The molecule has 0 radical (unpaired) electrons. The fraction of sp³-hybridized carbons (Fsp3) is 0.217. The van der Waals surface area contributed by atoms with Gasteiger partial charge < -0.3 is 31.5 Å². The molecule has 0 aliphatic heterocycles. The van der Waals surface area contributed by atoms with Crippen molar-refractivity contribution in [2.24, 2.45) is 0 Å². The number of hydrogen-bond donors (Lipinski definition) is 3. The first-order valence-corrected chi connectivity index (χ1v) is 10.2. The van der Waals surface area contributed by atoms with Crippen molar-refractivity contribution in [2.75, 3.05) is 0 Å². The van der Waals surface area contributed by atoms with E-state index in [2.05, 4.69) is 20.2 Å². The van der Waals surface area contributed by atoms with Crippen LogP contribution in [-0.2, 0) is 32.1 Å². The number of aliphatic carboxylic acids is 1. The summed E-state index contributed by atoms with van der Waals surface area (Å²) < 4.78 is 5.15. The second kappa shape index (κ2) is 15.8. The van der Waals surface area contributed by atoms with Crippen LogP contribution in [0.2, 0.25) is 0 Å². The lowest BCUT2D eigenvalue weighted by Gasteiger charge is -2.20. The minimum Gasteiger partial charge on any atom is -0.480 e. The Morgan fingerprint density at radius 2 is 1.43 bits per heavy atom. The lowest BCUT2D eigenvalue weighted by Crippen LogP contribution is -2.51. The third-order valence-corrected chi connectivity index (χ3v) is 4.20. The first kappa shape index (κ1) is 28.1. The number of carbonyl (C=O) groups is 4. The number of carboxylic acids is 1. The molecule has 2 atom stereocenters. The number of nitrogens with one attached hydrogen (secondary N) is 2. The monoisotopic (exact) mass is 480 g/mol. The number of Topliss-reactive ketones (excluding diaryl/α,β-unsaturated/α-hetero) is 1. The Bertz CT molecular complexity index is 1080. The van der Waals surface area contributed by atoms with Gasteiger partial charge >= 0.3 is 30.3 Å². The zero-order valence-electron chi connectivity index (χ0n) is 18.8. The molecule has 0 heterocycles. The number of rotatable bonds is 10. The molecule has 2 aromatic rings. The van der Waals surface area contributed by atoms with Crippen molar-refractivity contribution < 1.29 is 38.6 Å². The number of ketones is 1. The number of ether oxygens (including phenoxy) is 1. The average Bonchev–Trinajstić information content (AvgIpc) is 2.84. The van der Waals surface area contributed by atoms with Gasteiger partial charge in [-0.15, -0.1) is 0 Å². The highest BCUT2D eigenvalue weighted by molar-refractivity contribution is 6.50. The maximum absolute atomic E-state index is 12.4. The van der Waals surface area contributed by atoms with Gasteiger partial charge in [0.2, 0.25) is 5.91 Å². The molecule has 0 aromatic heterocycles. The number of nitrogens with zero attached hydrogens (tertiary/aromatic N) is 4. The Balaban J connectivity index is 0.000000658. The van der Waals surface area contributed by atoms with Crippen molar-refractivity contribution >= 4 is 36.2 Å². The molecule has 0 saturated heterocycles. The van der Waals surface area contributed by atoms with Crippen molar-refractivity contribution in [1.29, 1.82) is 0 Å². The molecule has 3 N–H and O–H groups in total. The normalized spacial score (nSPS) is 11.0. The summed E-state index contributed by atoms with van der Waals surface area (Å²) in [5, 5.41) is 13.9. The summed E-state index contributed by atoms with van der Waals surface area (Å²) in [5.74, 6) is -2.42. The number of benzene rings is 2. The molecule has 182 valence electrons. The zero-order chi connectivity index (χ0) is 26.1. The van der Waals surface area contributed by atoms with E-state index >= 15 is 0 Å². The maximum Gasteiger partial charge on any atom is 0.408 e. The second-order valence-electron chi connectivity index (χ2n) is 6.91. The third-order valence-electron chi connectivity index (χ3n) is 4.20. The van der Waals surface area contributed by atoms with E-state index in [4.69, 9.17) is 20.9 Å². The SMILES string of the molecule is CC(NC(=O)C(Cc1ccccc1)NC(=O)OCc1ccccc1)C(=O)O.[N-]=[N+]=CC(=O)C=[N+]=[N-]. The molecule has 0 spiro atoms. The van der Waals surface area contributed by atoms with Crippen LogP contribution in [0.4, 0.5) is 4.79 Å². The van der Waals surface area contributed by atoms with Gasteiger partial charge in [-0.25, -0.2) is 4.79 Å². The van der Waals surface area contributed by atoms with E-state index in [1.54, 1.807) is 0 Å². The molecule has 0 bridgehead atoms. The number of carbonyl (C=O) groups excluding carboxylic acids is 3. The van der Waals surface area contributed by atoms with E-state index in [0.717, 1.165) is 11.1 Å². The standard InChI is InChI=1S/C20H22N2O5.C3H2N4O/c1-14(19(24)25)21-18(23)17(12-15-8-4-2-5-9-15)22-20(26)27-13-16-10-6-3-7-11-16;4-6-1-3(8)2-7-5/h2-11,14,17H,12-13H2,1H3,(H,21,23)(H,22,26)(H,24,25);1-2H. The maximum atomic E-state index is 12.4. The number of alkyl carbamates (subject to hydrolysis) is 1. The molecule has 35 heavy (non-hydrogen) atoms. The van der Waals surface area contributed by atoms with Crippen LogP contribution in [0.15, 0.2) is 60.7 Å². The van der Waals surface area contributed by atoms with Crippen molar-refractivity contribution in [2.45, 2.75) is 32.0 Å². The highest BCUT2D eigenvalue weighted by Gasteiger charge is 2.25. The van der Waals surface area contributed by atoms with Crippen LogP contribution in [0, 0.1) is 0 Å². The Hall–Kier alpha value is -4.92. The average molecular weight is 480 g/mol. The van der Waals surface area contributed by atoms with Gasteiger partial charge in [-0.2, -0.15) is 9.58 Å². The van der Waals surface area contributed by atoms with Crippen LogP contribution in [0.25, 0.3) is 11.1 Å². The molecule has 2 rings (SSSR count). The van der Waals surface area contributed by atoms with Crippen LogP contribution in [0.1, 0.15) is 18.1 Å². The summed E-state index contributed by atoms with van der Waals surface area (Å²) in [6.07, 6.45) is 0.678. The molecular weight excluding hydrogens is 456 g/mol. The molecule has 2 amide bonds. The summed E-state index contributed by atoms with van der Waals surface area (Å²) in [6.45, 7) is 1.42. The Labute approximate surface area is 200 Å². The van der Waals surface area contributed by atoms with E-state index in [0.29, 0.717) is 12.4 Å². The van der Waals surface area contributed by atoms with Crippen molar-refractivity contribution in [3.63, 3.8) is 0 Å². The van der Waals surface area contributed by atoms with Gasteiger partial charge in [0.1, 0.15) is 18.7 Å². The van der Waals surface area contributed by atoms with Gasteiger partial charge in [-0.3, -0.25) is 14.4 Å². The first-order valence-electron chi connectivity index (χ1n) is 10.2. The lowest BCUT2D eigenvalue weighted by molar-refractivity contribution is -0.141. The van der Waals surface area contributed by atoms with E-state index < -0.39 is 35.8 Å². The van der Waals surface area contributed by atoms with Gasteiger partial charge in [0, 0.05) is 6.42 Å². The number of carboxylic acid groups (broad SMARTS) is 1. The summed E-state index contributed by atoms with van der Waals surface area (Å²) in [4.78, 5) is 50.3. The minimum absolute atomic E-state index is 0.0673. The second-order valence-corrected chi connectivity index (χ2v) is 6.91. The highest BCUT2D eigenvalue weighted by atomic mass is 16.5. The van der Waals surface area contributed by atoms with Gasteiger partial charge in [0.05, 0.1) is 0 Å². The van der Waals surface area contributed by atoms with Gasteiger partial charge in [-0.1, -0.05) is 60.7 Å². The smallest absolute Gasteiger partial charge is 0.408 e. The van der Waals surface area contributed by atoms with Crippen molar-refractivity contribution in [3.8, 4) is 0 Å². The van der Waals surface area contributed by atoms with Crippen LogP contribution >= 0.6 is 0 Å². The molecule has 2 unspecified atom stereocenters. The van der Waals surface area contributed by atoms with E-state index in [1.807, 2.05) is 60.7 Å². The van der Waals surface area contributed by atoms with E-state index in [9.17, 15) is 19.2 Å². The highest BCUT2D eigenvalue weighted by Crippen LogP contribution is 2.06. The molecule has 2 aromatic carbocycles. The van der Waals surface area contributed by atoms with Gasteiger partial charge in [-0.05, 0) is 18.1 Å². The summed E-state index contributed by atoms with van der Waals surface area (Å²) >= 11 is 0. The predicted octanol–water partition coefficient (Wildman–Crippen LogP) is 1.27. The minimum atomic E-state index is -1.16. The fourth-order valence-electron chi connectivity index (χ4n) is 2.49. The van der Waals surface area contributed by atoms with Crippen molar-refractivity contribution in [1.82, 2.24) is 10.6 Å². The molecule has 12 heteroatoms. The third kappa shape index (κ3) is 12.0. The molecule has 0 fully saturated rings.